The van der Waals surface area contributed by atoms with Crippen LogP contribution in [0.2, 0.25) is 0 Å². The summed E-state index contributed by atoms with van der Waals surface area (Å²) in [5.74, 6) is 0.106. The predicted octanol–water partition coefficient (Wildman–Crippen LogP) is 2.69. The van der Waals surface area contributed by atoms with Crippen molar-refractivity contribution in [1.82, 2.24) is 10.2 Å². The van der Waals surface area contributed by atoms with Crippen LogP contribution in [0.1, 0.15) is 30.4 Å². The molecule has 2 aliphatic rings. The summed E-state index contributed by atoms with van der Waals surface area (Å²) < 4.78 is 5.70. The molecule has 6 nitrogen and oxygen atoms in total. The van der Waals surface area contributed by atoms with Gasteiger partial charge in [-0.2, -0.15) is 0 Å². The number of hydrogen-bond acceptors (Lipinski definition) is 4. The van der Waals surface area contributed by atoms with Gasteiger partial charge in [-0.15, -0.1) is 0 Å². The van der Waals surface area contributed by atoms with E-state index in [1.807, 2.05) is 30.3 Å². The first-order valence-corrected chi connectivity index (χ1v) is 9.81. The highest BCUT2D eigenvalue weighted by Crippen LogP contribution is 2.29. The number of ether oxygens (including phenoxy) is 1. The Morgan fingerprint density at radius 1 is 1.07 bits per heavy atom. The summed E-state index contributed by atoms with van der Waals surface area (Å²) in [6.45, 7) is 3.64. The molecule has 1 fully saturated rings. The molecule has 0 spiro atoms. The molecule has 0 saturated carbocycles. The largest absolute Gasteiger partial charge is 0.478 e. The van der Waals surface area contributed by atoms with E-state index >= 15 is 0 Å². The number of amides is 2. The second kappa shape index (κ2) is 8.44. The molecule has 2 heterocycles. The van der Waals surface area contributed by atoms with Gasteiger partial charge in [0.25, 0.3) is 5.91 Å². The van der Waals surface area contributed by atoms with Gasteiger partial charge in [-0.3, -0.25) is 14.5 Å². The van der Waals surface area contributed by atoms with E-state index in [1.165, 1.54) is 18.4 Å². The summed E-state index contributed by atoms with van der Waals surface area (Å²) in [5, 5.41) is 5.73. The van der Waals surface area contributed by atoms with Crippen LogP contribution in [0, 0.1) is 0 Å². The van der Waals surface area contributed by atoms with Gasteiger partial charge < -0.3 is 15.4 Å². The molecule has 6 heteroatoms. The number of likely N-dealkylation sites (tertiary alicyclic amines) is 1. The molecule has 1 atom stereocenters. The summed E-state index contributed by atoms with van der Waals surface area (Å²) in [6, 6.07) is 15.4. The van der Waals surface area contributed by atoms with E-state index in [2.05, 4.69) is 21.6 Å². The van der Waals surface area contributed by atoms with Crippen molar-refractivity contribution in [2.75, 3.05) is 18.4 Å². The molecule has 1 saturated heterocycles. The third-order valence-corrected chi connectivity index (χ3v) is 5.26. The minimum absolute atomic E-state index is 0.00550. The minimum atomic E-state index is -0.810. The highest BCUT2D eigenvalue weighted by Gasteiger charge is 2.29. The van der Waals surface area contributed by atoms with Crippen LogP contribution in [0.15, 0.2) is 48.5 Å². The summed E-state index contributed by atoms with van der Waals surface area (Å²) in [6.07, 6.45) is 1.69. The fourth-order valence-corrected chi connectivity index (χ4v) is 3.73. The maximum absolute atomic E-state index is 12.4. The van der Waals surface area contributed by atoms with Gasteiger partial charge in [0.05, 0.1) is 12.1 Å². The summed E-state index contributed by atoms with van der Waals surface area (Å²) in [7, 11) is 0. The highest BCUT2D eigenvalue weighted by molar-refractivity contribution is 5.99. The van der Waals surface area contributed by atoms with Gasteiger partial charge in [-0.05, 0) is 49.2 Å². The SMILES string of the molecule is O=C(C[C@@H]1Oc2ccccc2NC1=O)NCc1ccccc1CN1CCCC1. The quantitative estimate of drug-likeness (QED) is 0.810. The van der Waals surface area contributed by atoms with Crippen LogP contribution in [0.3, 0.4) is 0 Å². The van der Waals surface area contributed by atoms with Gasteiger partial charge in [0.2, 0.25) is 5.91 Å². The maximum atomic E-state index is 12.4. The van der Waals surface area contributed by atoms with Crippen molar-refractivity contribution < 1.29 is 14.3 Å². The Balaban J connectivity index is 1.33. The molecule has 2 aromatic rings. The lowest BCUT2D eigenvalue weighted by Crippen LogP contribution is -2.40. The van der Waals surface area contributed by atoms with Crippen LogP contribution >= 0.6 is 0 Å². The summed E-state index contributed by atoms with van der Waals surface area (Å²) >= 11 is 0. The van der Waals surface area contributed by atoms with Crippen molar-refractivity contribution in [3.05, 3.63) is 59.7 Å². The number of anilines is 1. The van der Waals surface area contributed by atoms with E-state index in [1.54, 1.807) is 12.1 Å². The molecular weight excluding hydrogens is 354 g/mol. The van der Waals surface area contributed by atoms with Gasteiger partial charge >= 0.3 is 0 Å². The molecule has 0 unspecified atom stereocenters. The highest BCUT2D eigenvalue weighted by atomic mass is 16.5. The van der Waals surface area contributed by atoms with E-state index < -0.39 is 6.10 Å². The van der Waals surface area contributed by atoms with E-state index in [4.69, 9.17) is 4.74 Å². The van der Waals surface area contributed by atoms with Crippen LogP contribution in [-0.2, 0) is 22.7 Å². The van der Waals surface area contributed by atoms with E-state index in [0.717, 1.165) is 25.2 Å². The van der Waals surface area contributed by atoms with Gasteiger partial charge in [-0.1, -0.05) is 36.4 Å². The third kappa shape index (κ3) is 4.34. The van der Waals surface area contributed by atoms with Crippen molar-refractivity contribution in [3.8, 4) is 5.75 Å². The molecule has 2 aliphatic heterocycles. The summed E-state index contributed by atoms with van der Waals surface area (Å²) in [5.41, 5.74) is 2.99. The number of carbonyl (C=O) groups is 2. The molecule has 0 aromatic heterocycles. The lowest BCUT2D eigenvalue weighted by atomic mass is 10.1. The Morgan fingerprint density at radius 3 is 2.61 bits per heavy atom. The van der Waals surface area contributed by atoms with E-state index in [-0.39, 0.29) is 18.2 Å². The number of hydrogen-bond donors (Lipinski definition) is 2. The molecule has 2 N–H and O–H groups in total. The molecule has 2 amide bonds. The molecule has 2 aromatic carbocycles. The number of nitrogens with zero attached hydrogens (tertiary/aromatic N) is 1. The predicted molar refractivity (Wildman–Crippen MR) is 107 cm³/mol. The van der Waals surface area contributed by atoms with Crippen LogP contribution < -0.4 is 15.4 Å². The molecule has 0 bridgehead atoms. The van der Waals surface area contributed by atoms with Gasteiger partial charge in [0.1, 0.15) is 5.75 Å². The second-order valence-corrected chi connectivity index (χ2v) is 7.32. The zero-order valence-corrected chi connectivity index (χ0v) is 15.8. The number of nitrogens with one attached hydrogen (secondary N) is 2. The minimum Gasteiger partial charge on any atom is -0.478 e. The fourth-order valence-electron chi connectivity index (χ4n) is 3.73. The number of carbonyl (C=O) groups excluding carboxylic acids is 2. The normalized spacial score (nSPS) is 18.9. The van der Waals surface area contributed by atoms with E-state index in [9.17, 15) is 9.59 Å². The van der Waals surface area contributed by atoms with Gasteiger partial charge in [0, 0.05) is 13.1 Å². The van der Waals surface area contributed by atoms with Crippen molar-refractivity contribution in [2.24, 2.45) is 0 Å². The first-order valence-electron chi connectivity index (χ1n) is 9.81. The number of benzene rings is 2. The van der Waals surface area contributed by atoms with Crippen molar-refractivity contribution in [2.45, 2.75) is 38.5 Å². The second-order valence-electron chi connectivity index (χ2n) is 7.32. The smallest absolute Gasteiger partial charge is 0.266 e. The van der Waals surface area contributed by atoms with Crippen LogP contribution in [0.4, 0.5) is 5.69 Å². The Labute approximate surface area is 164 Å². The molecule has 28 heavy (non-hydrogen) atoms. The first-order chi connectivity index (χ1) is 13.7. The number of para-hydroxylation sites is 2. The Hall–Kier alpha value is -2.86. The lowest BCUT2D eigenvalue weighted by Gasteiger charge is -2.25. The standard InChI is InChI=1S/C22H25N3O3/c26-21(13-20-22(27)24-18-9-3-4-10-19(18)28-20)23-14-16-7-1-2-8-17(16)15-25-11-5-6-12-25/h1-4,7-10,20H,5-6,11-15H2,(H,23,26)(H,24,27)/t20-/m0/s1. The molecule has 0 radical (unpaired) electrons. The number of fused-ring (bicyclic) bond motifs is 1. The van der Waals surface area contributed by atoms with Crippen LogP contribution in [0.25, 0.3) is 0 Å². The topological polar surface area (TPSA) is 70.7 Å². The maximum Gasteiger partial charge on any atom is 0.266 e. The van der Waals surface area contributed by atoms with Gasteiger partial charge in [0.15, 0.2) is 6.10 Å². The molecule has 0 aliphatic carbocycles. The lowest BCUT2D eigenvalue weighted by molar-refractivity contribution is -0.130. The van der Waals surface area contributed by atoms with Gasteiger partial charge in [-0.25, -0.2) is 0 Å². The third-order valence-electron chi connectivity index (χ3n) is 5.26. The molecular formula is C22H25N3O3. The van der Waals surface area contributed by atoms with Crippen LogP contribution in [-0.4, -0.2) is 35.9 Å². The van der Waals surface area contributed by atoms with Crippen LogP contribution in [0.5, 0.6) is 5.75 Å². The Bertz CT molecular complexity index is 862. The first kappa shape index (κ1) is 18.5. The monoisotopic (exact) mass is 379 g/mol. The number of rotatable bonds is 6. The van der Waals surface area contributed by atoms with E-state index in [0.29, 0.717) is 18.0 Å². The average Bonchev–Trinajstić information content (AvgIpc) is 3.21. The van der Waals surface area contributed by atoms with Crippen molar-refractivity contribution >= 4 is 17.5 Å². The fraction of sp³-hybridized carbons (Fsp3) is 0.364. The van der Waals surface area contributed by atoms with Crippen molar-refractivity contribution in [3.63, 3.8) is 0 Å². The Kier molecular flexibility index (Phi) is 5.58. The molecule has 4 rings (SSSR count). The van der Waals surface area contributed by atoms with Crippen molar-refractivity contribution in [1.29, 1.82) is 0 Å². The Morgan fingerprint density at radius 2 is 1.79 bits per heavy atom. The summed E-state index contributed by atoms with van der Waals surface area (Å²) in [4.78, 5) is 27.1. The zero-order chi connectivity index (χ0) is 19.3. The average molecular weight is 379 g/mol. The molecule has 146 valence electrons. The zero-order valence-electron chi connectivity index (χ0n) is 15.8.